The van der Waals surface area contributed by atoms with Crippen molar-refractivity contribution in [2.45, 2.75) is 32.8 Å². The van der Waals surface area contributed by atoms with Gasteiger partial charge in [-0.25, -0.2) is 0 Å². The Bertz CT molecular complexity index is 99.7. The number of rotatable bonds is 3. The summed E-state index contributed by atoms with van der Waals surface area (Å²) < 4.78 is 5.55. The number of piperidine rings is 1. The molecule has 2 nitrogen and oxygen atoms in total. The zero-order valence-corrected chi connectivity index (χ0v) is 7.60. The van der Waals surface area contributed by atoms with Crippen molar-refractivity contribution in [3.8, 4) is 0 Å². The van der Waals surface area contributed by atoms with Crippen molar-refractivity contribution < 1.29 is 4.74 Å². The second-order valence-corrected chi connectivity index (χ2v) is 3.25. The quantitative estimate of drug-likeness (QED) is 0.669. The first-order chi connectivity index (χ1) is 5.34. The van der Waals surface area contributed by atoms with Crippen LogP contribution in [0.1, 0.15) is 26.7 Å². The molecule has 11 heavy (non-hydrogen) atoms. The molecule has 1 aliphatic heterocycles. The van der Waals surface area contributed by atoms with E-state index in [-0.39, 0.29) is 0 Å². The van der Waals surface area contributed by atoms with Crippen molar-refractivity contribution in [1.29, 1.82) is 0 Å². The van der Waals surface area contributed by atoms with Gasteiger partial charge in [-0.15, -0.1) is 0 Å². The van der Waals surface area contributed by atoms with E-state index in [1.807, 2.05) is 0 Å². The van der Waals surface area contributed by atoms with Crippen LogP contribution >= 0.6 is 0 Å². The Morgan fingerprint density at radius 3 is 2.64 bits per heavy atom. The molecule has 1 saturated heterocycles. The summed E-state index contributed by atoms with van der Waals surface area (Å²) >= 11 is 0. The van der Waals surface area contributed by atoms with Crippen LogP contribution in [-0.2, 0) is 4.74 Å². The molecule has 2 heteroatoms. The monoisotopic (exact) mass is 157 g/mol. The van der Waals surface area contributed by atoms with Gasteiger partial charge in [0, 0.05) is 6.61 Å². The van der Waals surface area contributed by atoms with E-state index >= 15 is 0 Å². The lowest BCUT2D eigenvalue weighted by Gasteiger charge is -2.27. The Kier molecular flexibility index (Phi) is 3.87. The molecule has 0 unspecified atom stereocenters. The van der Waals surface area contributed by atoms with E-state index in [1.54, 1.807) is 0 Å². The molecule has 0 amide bonds. The van der Waals surface area contributed by atoms with Crippen LogP contribution in [0.2, 0.25) is 0 Å². The minimum absolute atomic E-state index is 0.460. The van der Waals surface area contributed by atoms with Crippen molar-refractivity contribution in [3.63, 3.8) is 0 Å². The van der Waals surface area contributed by atoms with Crippen LogP contribution in [0.4, 0.5) is 0 Å². The van der Waals surface area contributed by atoms with Gasteiger partial charge in [-0.2, -0.15) is 0 Å². The molecule has 1 aliphatic rings. The molecule has 1 rings (SSSR count). The van der Waals surface area contributed by atoms with Crippen molar-refractivity contribution in [3.05, 3.63) is 0 Å². The average molecular weight is 157 g/mol. The fraction of sp³-hybridized carbons (Fsp3) is 1.00. The van der Waals surface area contributed by atoms with Crippen LogP contribution in [0.5, 0.6) is 0 Å². The third kappa shape index (κ3) is 2.80. The van der Waals surface area contributed by atoms with Gasteiger partial charge in [-0.05, 0) is 45.7 Å². The molecule has 0 saturated carbocycles. The van der Waals surface area contributed by atoms with Gasteiger partial charge < -0.3 is 10.1 Å². The molecule has 0 aliphatic carbocycles. The maximum absolute atomic E-state index is 5.55. The van der Waals surface area contributed by atoms with Crippen LogP contribution in [0, 0.1) is 5.92 Å². The summed E-state index contributed by atoms with van der Waals surface area (Å²) in [5.74, 6) is 0.788. The molecule has 1 heterocycles. The molecule has 0 spiro atoms. The highest BCUT2D eigenvalue weighted by molar-refractivity contribution is 4.73. The van der Waals surface area contributed by atoms with Crippen LogP contribution < -0.4 is 5.32 Å². The summed E-state index contributed by atoms with van der Waals surface area (Å²) in [6.45, 7) is 7.45. The van der Waals surface area contributed by atoms with Crippen molar-refractivity contribution in [2.24, 2.45) is 5.92 Å². The van der Waals surface area contributed by atoms with Gasteiger partial charge in [0.2, 0.25) is 0 Å². The van der Waals surface area contributed by atoms with Gasteiger partial charge in [0.05, 0.1) is 6.10 Å². The van der Waals surface area contributed by atoms with E-state index in [0.29, 0.717) is 6.10 Å². The first-order valence-corrected chi connectivity index (χ1v) is 4.67. The number of nitrogens with one attached hydrogen (secondary N) is 1. The molecule has 1 atom stereocenters. The molecule has 1 fully saturated rings. The van der Waals surface area contributed by atoms with Gasteiger partial charge in [-0.3, -0.25) is 0 Å². The minimum atomic E-state index is 0.460. The predicted molar refractivity (Wildman–Crippen MR) is 46.7 cm³/mol. The van der Waals surface area contributed by atoms with E-state index in [0.717, 1.165) is 12.5 Å². The Morgan fingerprint density at radius 2 is 2.09 bits per heavy atom. The Labute approximate surface area is 69.3 Å². The van der Waals surface area contributed by atoms with Crippen LogP contribution in [-0.4, -0.2) is 25.8 Å². The summed E-state index contributed by atoms with van der Waals surface area (Å²) in [4.78, 5) is 0. The number of hydrogen-bond acceptors (Lipinski definition) is 2. The highest BCUT2D eigenvalue weighted by atomic mass is 16.5. The van der Waals surface area contributed by atoms with Gasteiger partial charge in [0.15, 0.2) is 0 Å². The zero-order valence-electron chi connectivity index (χ0n) is 7.60. The molecule has 0 bridgehead atoms. The van der Waals surface area contributed by atoms with Crippen molar-refractivity contribution >= 4 is 0 Å². The molecular formula is C9H19NO. The highest BCUT2D eigenvalue weighted by Gasteiger charge is 2.19. The molecule has 0 aromatic heterocycles. The normalized spacial score (nSPS) is 23.5. The summed E-state index contributed by atoms with van der Waals surface area (Å²) in [6.07, 6.45) is 3.02. The molecule has 0 radical (unpaired) electrons. The highest BCUT2D eigenvalue weighted by Crippen LogP contribution is 2.18. The molecule has 0 aromatic rings. The fourth-order valence-corrected chi connectivity index (χ4v) is 1.71. The Balaban J connectivity index is 2.21. The largest absolute Gasteiger partial charge is 0.379 e. The van der Waals surface area contributed by atoms with Gasteiger partial charge >= 0.3 is 0 Å². The maximum Gasteiger partial charge on any atom is 0.0575 e. The van der Waals surface area contributed by atoms with Gasteiger partial charge in [0.25, 0.3) is 0 Å². The summed E-state index contributed by atoms with van der Waals surface area (Å²) in [7, 11) is 0. The van der Waals surface area contributed by atoms with E-state index in [1.165, 1.54) is 25.9 Å². The van der Waals surface area contributed by atoms with Crippen LogP contribution in [0.25, 0.3) is 0 Å². The van der Waals surface area contributed by atoms with Crippen LogP contribution in [0.3, 0.4) is 0 Å². The first-order valence-electron chi connectivity index (χ1n) is 4.67. The Morgan fingerprint density at radius 1 is 1.45 bits per heavy atom. The summed E-state index contributed by atoms with van der Waals surface area (Å²) in [5, 5.41) is 3.36. The minimum Gasteiger partial charge on any atom is -0.379 e. The SMILES string of the molecule is CCO[C@@H](C)C1CCNCC1. The van der Waals surface area contributed by atoms with E-state index in [4.69, 9.17) is 4.74 Å². The fourth-order valence-electron chi connectivity index (χ4n) is 1.71. The molecule has 1 N–H and O–H groups in total. The molecule has 0 aromatic carbocycles. The lowest BCUT2D eigenvalue weighted by atomic mass is 9.93. The number of ether oxygens (including phenoxy) is 1. The zero-order chi connectivity index (χ0) is 8.10. The predicted octanol–water partition coefficient (Wildman–Crippen LogP) is 1.41. The topological polar surface area (TPSA) is 21.3 Å². The number of hydrogen-bond donors (Lipinski definition) is 1. The maximum atomic E-state index is 5.55. The molecule has 66 valence electrons. The average Bonchev–Trinajstić information content (AvgIpc) is 2.07. The van der Waals surface area contributed by atoms with Gasteiger partial charge in [0.1, 0.15) is 0 Å². The van der Waals surface area contributed by atoms with Crippen molar-refractivity contribution in [2.75, 3.05) is 19.7 Å². The third-order valence-corrected chi connectivity index (χ3v) is 2.48. The smallest absolute Gasteiger partial charge is 0.0575 e. The summed E-state index contributed by atoms with van der Waals surface area (Å²) in [5.41, 5.74) is 0. The second kappa shape index (κ2) is 4.73. The van der Waals surface area contributed by atoms with Gasteiger partial charge in [-0.1, -0.05) is 0 Å². The van der Waals surface area contributed by atoms with E-state index < -0.39 is 0 Å². The van der Waals surface area contributed by atoms with E-state index in [2.05, 4.69) is 19.2 Å². The third-order valence-electron chi connectivity index (χ3n) is 2.48. The summed E-state index contributed by atoms with van der Waals surface area (Å²) in [6, 6.07) is 0. The lowest BCUT2D eigenvalue weighted by molar-refractivity contribution is 0.0227. The Hall–Kier alpha value is -0.0800. The second-order valence-electron chi connectivity index (χ2n) is 3.25. The lowest BCUT2D eigenvalue weighted by Crippen LogP contribution is -2.34. The standard InChI is InChI=1S/C9H19NO/c1-3-11-8(2)9-4-6-10-7-5-9/h8-10H,3-7H2,1-2H3/t8-/m0/s1. The van der Waals surface area contributed by atoms with E-state index in [9.17, 15) is 0 Å². The molecular weight excluding hydrogens is 138 g/mol. The van der Waals surface area contributed by atoms with Crippen molar-refractivity contribution in [1.82, 2.24) is 5.32 Å². The first kappa shape index (κ1) is 9.01. The van der Waals surface area contributed by atoms with Crippen LogP contribution in [0.15, 0.2) is 0 Å².